The normalized spacial score (nSPS) is 12.8. The summed E-state index contributed by atoms with van der Waals surface area (Å²) in [7, 11) is 0. The molecule has 2 N–H and O–H groups in total. The van der Waals surface area contributed by atoms with Crippen molar-refractivity contribution in [1.29, 1.82) is 0 Å². The van der Waals surface area contributed by atoms with E-state index in [1.807, 2.05) is 44.6 Å². The van der Waals surface area contributed by atoms with Gasteiger partial charge in [-0.25, -0.2) is 9.78 Å². The van der Waals surface area contributed by atoms with E-state index in [-0.39, 0.29) is 18.6 Å². The number of nitrogens with zero attached hydrogens (tertiary/aromatic N) is 2. The number of aromatic nitrogens is 2. The summed E-state index contributed by atoms with van der Waals surface area (Å²) in [6, 6.07) is 0.740. The number of carbonyl (C=O) groups excluding carboxylic acids is 1. The van der Waals surface area contributed by atoms with Crippen LogP contribution in [-0.4, -0.2) is 44.8 Å². The Labute approximate surface area is 157 Å². The summed E-state index contributed by atoms with van der Waals surface area (Å²) < 4.78 is 7.45. The Morgan fingerprint density at radius 1 is 1.38 bits per heavy atom. The van der Waals surface area contributed by atoms with E-state index in [4.69, 9.17) is 4.74 Å². The average molecular weight is 379 g/mol. The van der Waals surface area contributed by atoms with Gasteiger partial charge in [-0.1, -0.05) is 0 Å². The van der Waals surface area contributed by atoms with Gasteiger partial charge in [0.05, 0.1) is 11.2 Å². The lowest BCUT2D eigenvalue weighted by Gasteiger charge is -2.21. The van der Waals surface area contributed by atoms with E-state index in [0.717, 1.165) is 16.5 Å². The second-order valence-corrected chi connectivity index (χ2v) is 7.92. The largest absolute Gasteiger partial charge is 0.480 e. The van der Waals surface area contributed by atoms with Gasteiger partial charge in [0.1, 0.15) is 6.04 Å². The molecule has 2 rings (SSSR count). The molecular weight excluding hydrogens is 354 g/mol. The monoisotopic (exact) mass is 379 g/mol. The molecule has 2 aromatic heterocycles. The first kappa shape index (κ1) is 20.1. The number of hydrogen-bond acceptors (Lipinski definition) is 5. The van der Waals surface area contributed by atoms with E-state index in [9.17, 15) is 14.7 Å². The van der Waals surface area contributed by atoms with Gasteiger partial charge in [-0.2, -0.15) is 0 Å². The molecule has 142 valence electrons. The molecule has 0 spiro atoms. The van der Waals surface area contributed by atoms with Crippen molar-refractivity contribution < 1.29 is 19.4 Å². The van der Waals surface area contributed by atoms with Crippen molar-refractivity contribution in [3.63, 3.8) is 0 Å². The quantitative estimate of drug-likeness (QED) is 0.771. The fourth-order valence-electron chi connectivity index (χ4n) is 2.59. The first-order valence-corrected chi connectivity index (χ1v) is 9.24. The summed E-state index contributed by atoms with van der Waals surface area (Å²) in [5.41, 5.74) is 1.68. The van der Waals surface area contributed by atoms with Gasteiger partial charge in [0.15, 0.2) is 5.13 Å². The van der Waals surface area contributed by atoms with Crippen LogP contribution < -0.4 is 5.32 Å². The Balaban J connectivity index is 2.12. The first-order valence-electron chi connectivity index (χ1n) is 8.36. The number of rotatable bonds is 7. The van der Waals surface area contributed by atoms with Gasteiger partial charge in [0, 0.05) is 36.0 Å². The Morgan fingerprint density at radius 2 is 2.08 bits per heavy atom. The third kappa shape index (κ3) is 4.92. The van der Waals surface area contributed by atoms with Gasteiger partial charge >= 0.3 is 5.97 Å². The van der Waals surface area contributed by atoms with Crippen molar-refractivity contribution in [2.75, 3.05) is 6.61 Å². The molecule has 0 saturated heterocycles. The second kappa shape index (κ2) is 8.01. The van der Waals surface area contributed by atoms with Crippen molar-refractivity contribution in [2.45, 2.75) is 52.7 Å². The topological polar surface area (TPSA) is 93.5 Å². The number of aliphatic carboxylic acids is 1. The molecule has 0 radical (unpaired) electrons. The second-order valence-electron chi connectivity index (χ2n) is 7.05. The smallest absolute Gasteiger partial charge is 0.326 e. The highest BCUT2D eigenvalue weighted by molar-refractivity contribution is 7.12. The molecule has 1 amide bonds. The van der Waals surface area contributed by atoms with Gasteiger partial charge in [0.2, 0.25) is 0 Å². The van der Waals surface area contributed by atoms with E-state index in [0.29, 0.717) is 5.56 Å². The number of hydrogen-bond donors (Lipinski definition) is 2. The van der Waals surface area contributed by atoms with Crippen LogP contribution in [0.5, 0.6) is 0 Å². The molecule has 0 fully saturated rings. The average Bonchev–Trinajstić information content (AvgIpc) is 3.12. The van der Waals surface area contributed by atoms with Crippen LogP contribution in [0.4, 0.5) is 0 Å². The Kier molecular flexibility index (Phi) is 6.20. The molecule has 26 heavy (non-hydrogen) atoms. The Hall–Kier alpha value is -2.19. The van der Waals surface area contributed by atoms with Gasteiger partial charge in [0.25, 0.3) is 5.91 Å². The van der Waals surface area contributed by atoms with E-state index in [1.54, 1.807) is 12.3 Å². The van der Waals surface area contributed by atoms with Crippen LogP contribution in [0.1, 0.15) is 48.9 Å². The highest BCUT2D eigenvalue weighted by atomic mass is 32.1. The number of amides is 1. The van der Waals surface area contributed by atoms with Crippen LogP contribution in [0.2, 0.25) is 0 Å². The SMILES string of the molecule is Cc1cc(C(=O)NC(CCOC(C)(C)C)C(=O)O)c(C)n1-c1nccs1. The molecule has 7 nitrogen and oxygen atoms in total. The third-order valence-corrected chi connectivity index (χ3v) is 4.59. The summed E-state index contributed by atoms with van der Waals surface area (Å²) in [5, 5.41) is 14.6. The molecule has 0 saturated carbocycles. The van der Waals surface area contributed by atoms with Gasteiger partial charge < -0.3 is 15.2 Å². The van der Waals surface area contributed by atoms with Gasteiger partial charge in [-0.3, -0.25) is 9.36 Å². The molecule has 0 aliphatic carbocycles. The number of carbonyl (C=O) groups is 2. The number of nitrogens with one attached hydrogen (secondary N) is 1. The maximum atomic E-state index is 12.6. The molecule has 2 heterocycles. The molecule has 1 unspecified atom stereocenters. The van der Waals surface area contributed by atoms with Crippen LogP contribution in [0.15, 0.2) is 17.6 Å². The highest BCUT2D eigenvalue weighted by Gasteiger charge is 2.24. The molecule has 0 aliphatic heterocycles. The van der Waals surface area contributed by atoms with Crippen molar-refractivity contribution in [3.8, 4) is 5.13 Å². The molecule has 1 atom stereocenters. The third-order valence-electron chi connectivity index (χ3n) is 3.83. The maximum Gasteiger partial charge on any atom is 0.326 e. The number of ether oxygens (including phenoxy) is 1. The summed E-state index contributed by atoms with van der Waals surface area (Å²) in [4.78, 5) is 28.4. The lowest BCUT2D eigenvalue weighted by atomic mass is 10.1. The highest BCUT2D eigenvalue weighted by Crippen LogP contribution is 2.22. The molecule has 0 aliphatic rings. The van der Waals surface area contributed by atoms with Crippen molar-refractivity contribution >= 4 is 23.2 Å². The van der Waals surface area contributed by atoms with Crippen LogP contribution in [0, 0.1) is 13.8 Å². The minimum Gasteiger partial charge on any atom is -0.480 e. The minimum absolute atomic E-state index is 0.198. The zero-order valence-electron chi connectivity index (χ0n) is 15.7. The van der Waals surface area contributed by atoms with Crippen LogP contribution in [0.25, 0.3) is 5.13 Å². The number of thiazole rings is 1. The first-order chi connectivity index (χ1) is 12.1. The number of carboxylic acids is 1. The van der Waals surface area contributed by atoms with E-state index >= 15 is 0 Å². The Bertz CT molecular complexity index is 775. The zero-order valence-corrected chi connectivity index (χ0v) is 16.5. The molecular formula is C18H25N3O4S. The van der Waals surface area contributed by atoms with Crippen LogP contribution in [0.3, 0.4) is 0 Å². The number of aryl methyl sites for hydroxylation is 1. The lowest BCUT2D eigenvalue weighted by molar-refractivity contribution is -0.140. The zero-order chi connectivity index (χ0) is 19.5. The molecule has 2 aromatic rings. The maximum absolute atomic E-state index is 12.6. The van der Waals surface area contributed by atoms with Crippen molar-refractivity contribution in [3.05, 3.63) is 34.6 Å². The van der Waals surface area contributed by atoms with Crippen molar-refractivity contribution in [2.24, 2.45) is 0 Å². The predicted molar refractivity (Wildman–Crippen MR) is 100 cm³/mol. The fraction of sp³-hybridized carbons (Fsp3) is 0.500. The summed E-state index contributed by atoms with van der Waals surface area (Å²) in [6.07, 6.45) is 1.90. The summed E-state index contributed by atoms with van der Waals surface area (Å²) in [6.45, 7) is 9.65. The van der Waals surface area contributed by atoms with E-state index in [1.165, 1.54) is 11.3 Å². The summed E-state index contributed by atoms with van der Waals surface area (Å²) in [5.74, 6) is -1.49. The standard InChI is InChI=1S/C18H25N3O4S/c1-11-10-13(12(2)21(11)17-19-7-9-26-17)15(22)20-14(16(23)24)6-8-25-18(3,4)5/h7,9-10,14H,6,8H2,1-5H3,(H,20,22)(H,23,24). The van der Waals surface area contributed by atoms with Gasteiger partial charge in [-0.15, -0.1) is 11.3 Å². The van der Waals surface area contributed by atoms with E-state index < -0.39 is 17.9 Å². The Morgan fingerprint density at radius 3 is 2.62 bits per heavy atom. The van der Waals surface area contributed by atoms with Crippen molar-refractivity contribution in [1.82, 2.24) is 14.9 Å². The molecule has 0 aromatic carbocycles. The number of carboxylic acid groups (broad SMARTS) is 1. The lowest BCUT2D eigenvalue weighted by Crippen LogP contribution is -2.42. The van der Waals surface area contributed by atoms with E-state index in [2.05, 4.69) is 10.3 Å². The van der Waals surface area contributed by atoms with Crippen LogP contribution in [-0.2, 0) is 9.53 Å². The molecule has 0 bridgehead atoms. The van der Waals surface area contributed by atoms with Crippen LogP contribution >= 0.6 is 11.3 Å². The summed E-state index contributed by atoms with van der Waals surface area (Å²) >= 11 is 1.47. The molecule has 8 heteroatoms. The minimum atomic E-state index is -1.08. The fourth-order valence-corrected chi connectivity index (χ4v) is 3.34. The van der Waals surface area contributed by atoms with Gasteiger partial charge in [-0.05, 0) is 40.7 Å². The predicted octanol–water partition coefficient (Wildman–Crippen LogP) is 2.94.